The van der Waals surface area contributed by atoms with Gasteiger partial charge in [0, 0.05) is 5.39 Å². The maximum absolute atomic E-state index is 12.2. The molecule has 0 saturated heterocycles. The number of nitro benzene ring substituents is 1. The number of hydrogen-bond donors (Lipinski definition) is 1. The van der Waals surface area contributed by atoms with Gasteiger partial charge in [-0.3, -0.25) is 10.1 Å². The minimum atomic E-state index is -0.814. The molecule has 0 aliphatic heterocycles. The van der Waals surface area contributed by atoms with E-state index in [1.807, 2.05) is 0 Å². The number of nitrogens with zero attached hydrogens (tertiary/aromatic N) is 1. The normalized spacial score (nSPS) is 10.7. The first-order valence-electron chi connectivity index (χ1n) is 6.60. The van der Waals surface area contributed by atoms with Crippen molar-refractivity contribution in [3.8, 4) is 22.6 Å². The van der Waals surface area contributed by atoms with Crippen LogP contribution in [0.3, 0.4) is 0 Å². The Morgan fingerprint density at radius 3 is 2.52 bits per heavy atom. The number of fused-ring (bicyclic) bond motifs is 1. The Bertz CT molecular complexity index is 962. The summed E-state index contributed by atoms with van der Waals surface area (Å²) in [5.41, 5.74) is -0.830. The van der Waals surface area contributed by atoms with Crippen molar-refractivity contribution < 1.29 is 19.2 Å². The Kier molecular flexibility index (Phi) is 3.46. The van der Waals surface area contributed by atoms with Gasteiger partial charge in [0.25, 0.3) is 0 Å². The molecule has 3 rings (SSSR count). The summed E-state index contributed by atoms with van der Waals surface area (Å²) in [5.74, 6) is -0.752. The quantitative estimate of drug-likeness (QED) is 0.453. The fraction of sp³-hybridized carbons (Fsp3) is 0.0625. The molecule has 1 aromatic heterocycles. The second kappa shape index (κ2) is 5.45. The predicted molar refractivity (Wildman–Crippen MR) is 82.8 cm³/mol. The minimum Gasteiger partial charge on any atom is -0.499 e. The van der Waals surface area contributed by atoms with E-state index in [-0.39, 0.29) is 22.3 Å². The zero-order valence-corrected chi connectivity index (χ0v) is 12.0. The smallest absolute Gasteiger partial charge is 0.357 e. The van der Waals surface area contributed by atoms with Crippen LogP contribution < -0.4 is 10.4 Å². The second-order valence-corrected chi connectivity index (χ2v) is 4.77. The van der Waals surface area contributed by atoms with Gasteiger partial charge in [-0.2, -0.15) is 0 Å². The highest BCUT2D eigenvalue weighted by molar-refractivity contribution is 5.92. The van der Waals surface area contributed by atoms with E-state index in [4.69, 9.17) is 9.15 Å². The average Bonchev–Trinajstić information content (AvgIpc) is 2.54. The van der Waals surface area contributed by atoms with E-state index in [0.717, 1.165) is 0 Å². The van der Waals surface area contributed by atoms with Gasteiger partial charge in [-0.15, -0.1) is 0 Å². The van der Waals surface area contributed by atoms with Crippen molar-refractivity contribution in [1.82, 2.24) is 0 Å². The number of methoxy groups -OCH3 is 1. The van der Waals surface area contributed by atoms with Crippen LogP contribution in [0.2, 0.25) is 0 Å². The van der Waals surface area contributed by atoms with Gasteiger partial charge in [-0.25, -0.2) is 4.79 Å². The number of aromatic hydroxyl groups is 1. The monoisotopic (exact) mass is 313 g/mol. The molecule has 0 bridgehead atoms. The second-order valence-electron chi connectivity index (χ2n) is 4.77. The molecular formula is C16H11NO6. The highest BCUT2D eigenvalue weighted by atomic mass is 16.6. The summed E-state index contributed by atoms with van der Waals surface area (Å²) < 4.78 is 10.1. The third-order valence-corrected chi connectivity index (χ3v) is 3.42. The maximum atomic E-state index is 12.2. The molecule has 0 spiro atoms. The van der Waals surface area contributed by atoms with Gasteiger partial charge in [0.1, 0.15) is 0 Å². The van der Waals surface area contributed by atoms with Crippen LogP contribution in [0.25, 0.3) is 22.1 Å². The van der Waals surface area contributed by atoms with E-state index in [1.54, 1.807) is 30.3 Å². The molecule has 0 fully saturated rings. The Hall–Kier alpha value is -3.35. The summed E-state index contributed by atoms with van der Waals surface area (Å²) in [7, 11) is 1.28. The molecule has 0 unspecified atom stereocenters. The van der Waals surface area contributed by atoms with Crippen LogP contribution >= 0.6 is 0 Å². The Morgan fingerprint density at radius 1 is 1.22 bits per heavy atom. The lowest BCUT2D eigenvalue weighted by Gasteiger charge is -2.07. The van der Waals surface area contributed by atoms with Crippen molar-refractivity contribution in [2.45, 2.75) is 0 Å². The molecule has 1 N–H and O–H groups in total. The van der Waals surface area contributed by atoms with Gasteiger partial charge >= 0.3 is 11.3 Å². The molecule has 0 saturated carbocycles. The number of phenols is 1. The van der Waals surface area contributed by atoms with Crippen LogP contribution in [0.5, 0.6) is 11.5 Å². The number of nitro groups is 1. The Balaban J connectivity index is 2.39. The standard InChI is InChI=1S/C16H11NO6/c1-22-12-8-10-7-11(9-5-3-2-4-6-9)16(19)23-15(10)13(14(12)18)17(20)21/h2-8,18H,1H3. The summed E-state index contributed by atoms with van der Waals surface area (Å²) in [4.78, 5) is 22.6. The van der Waals surface area contributed by atoms with E-state index in [9.17, 15) is 20.0 Å². The molecule has 0 aliphatic carbocycles. The molecule has 3 aromatic rings. The van der Waals surface area contributed by atoms with E-state index in [1.165, 1.54) is 19.2 Å². The first-order valence-corrected chi connectivity index (χ1v) is 6.60. The number of hydrogen-bond acceptors (Lipinski definition) is 6. The third-order valence-electron chi connectivity index (χ3n) is 3.42. The summed E-state index contributed by atoms with van der Waals surface area (Å²) in [6.07, 6.45) is 0. The average molecular weight is 313 g/mol. The molecule has 0 amide bonds. The largest absolute Gasteiger partial charge is 0.499 e. The van der Waals surface area contributed by atoms with E-state index < -0.39 is 22.0 Å². The molecule has 116 valence electrons. The molecule has 23 heavy (non-hydrogen) atoms. The molecule has 0 atom stereocenters. The van der Waals surface area contributed by atoms with Gasteiger partial charge in [-0.1, -0.05) is 30.3 Å². The van der Waals surface area contributed by atoms with Crippen molar-refractivity contribution in [2.75, 3.05) is 7.11 Å². The van der Waals surface area contributed by atoms with Gasteiger partial charge in [0.15, 0.2) is 5.75 Å². The first-order chi connectivity index (χ1) is 11.0. The van der Waals surface area contributed by atoms with Gasteiger partial charge in [0.05, 0.1) is 17.6 Å². The highest BCUT2D eigenvalue weighted by Gasteiger charge is 2.26. The molecule has 1 heterocycles. The number of phenolic OH excluding ortho intramolecular Hbond substituents is 1. The van der Waals surface area contributed by atoms with E-state index in [0.29, 0.717) is 5.56 Å². The lowest BCUT2D eigenvalue weighted by molar-refractivity contribution is -0.384. The van der Waals surface area contributed by atoms with Crippen LogP contribution in [0.4, 0.5) is 5.69 Å². The Labute approximate surface area is 129 Å². The molecular weight excluding hydrogens is 302 g/mol. The van der Waals surface area contributed by atoms with Crippen molar-refractivity contribution >= 4 is 16.7 Å². The summed E-state index contributed by atoms with van der Waals surface area (Å²) in [5, 5.41) is 21.4. The maximum Gasteiger partial charge on any atom is 0.357 e. The summed E-state index contributed by atoms with van der Waals surface area (Å²) >= 11 is 0. The van der Waals surface area contributed by atoms with E-state index >= 15 is 0 Å². The molecule has 2 aromatic carbocycles. The first kappa shape index (κ1) is 14.6. The molecule has 7 heteroatoms. The zero-order chi connectivity index (χ0) is 16.6. The topological polar surface area (TPSA) is 103 Å². The van der Waals surface area contributed by atoms with E-state index in [2.05, 4.69) is 0 Å². The van der Waals surface area contributed by atoms with Crippen LogP contribution in [0, 0.1) is 10.1 Å². The van der Waals surface area contributed by atoms with Crippen molar-refractivity contribution in [2.24, 2.45) is 0 Å². The van der Waals surface area contributed by atoms with Crippen molar-refractivity contribution in [1.29, 1.82) is 0 Å². The number of benzene rings is 2. The van der Waals surface area contributed by atoms with Gasteiger partial charge < -0.3 is 14.3 Å². The van der Waals surface area contributed by atoms with Crippen LogP contribution in [0.1, 0.15) is 0 Å². The van der Waals surface area contributed by atoms with Gasteiger partial charge in [0.2, 0.25) is 11.3 Å². The Morgan fingerprint density at radius 2 is 1.91 bits per heavy atom. The van der Waals surface area contributed by atoms with Gasteiger partial charge in [-0.05, 0) is 17.7 Å². The SMILES string of the molecule is COc1cc2cc(-c3ccccc3)c(=O)oc2c([N+](=O)[O-])c1O. The fourth-order valence-corrected chi connectivity index (χ4v) is 2.36. The molecule has 7 nitrogen and oxygen atoms in total. The third kappa shape index (κ3) is 2.38. The van der Waals surface area contributed by atoms with Crippen molar-refractivity contribution in [3.63, 3.8) is 0 Å². The summed E-state index contributed by atoms with van der Waals surface area (Å²) in [6.45, 7) is 0. The predicted octanol–water partition coefficient (Wildman–Crippen LogP) is 3.08. The summed E-state index contributed by atoms with van der Waals surface area (Å²) in [6, 6.07) is 11.6. The molecule has 0 aliphatic rings. The van der Waals surface area contributed by atoms with Crippen LogP contribution in [-0.2, 0) is 0 Å². The lowest BCUT2D eigenvalue weighted by atomic mass is 10.1. The fourth-order valence-electron chi connectivity index (χ4n) is 2.36. The molecule has 0 radical (unpaired) electrons. The lowest BCUT2D eigenvalue weighted by Crippen LogP contribution is -2.04. The highest BCUT2D eigenvalue weighted by Crippen LogP contribution is 2.42. The van der Waals surface area contributed by atoms with Crippen LogP contribution in [-0.4, -0.2) is 17.1 Å². The van der Waals surface area contributed by atoms with Crippen LogP contribution in [0.15, 0.2) is 51.7 Å². The number of ether oxygens (including phenoxy) is 1. The number of rotatable bonds is 3. The van der Waals surface area contributed by atoms with Crippen molar-refractivity contribution in [3.05, 3.63) is 63.0 Å². The zero-order valence-electron chi connectivity index (χ0n) is 12.0. The minimum absolute atomic E-state index is 0.0722.